The average molecular weight is 479 g/mol. The van der Waals surface area contributed by atoms with Gasteiger partial charge in [0.2, 0.25) is 0 Å². The molecule has 0 spiro atoms. The van der Waals surface area contributed by atoms with E-state index >= 15 is 0 Å². The van der Waals surface area contributed by atoms with Crippen LogP contribution in [0.4, 0.5) is 4.79 Å². The van der Waals surface area contributed by atoms with E-state index in [9.17, 15) is 19.5 Å². The number of ether oxygens (including phenoxy) is 2. The van der Waals surface area contributed by atoms with E-state index in [0.717, 1.165) is 28.6 Å². The number of hydrogen-bond donors (Lipinski definition) is 3. The number of amides is 2. The van der Waals surface area contributed by atoms with Crippen LogP contribution in [-0.2, 0) is 20.8 Å². The Bertz CT molecular complexity index is 1210. The van der Waals surface area contributed by atoms with Crippen LogP contribution in [0.2, 0.25) is 0 Å². The van der Waals surface area contributed by atoms with Crippen molar-refractivity contribution in [2.45, 2.75) is 24.9 Å². The molecule has 1 aromatic heterocycles. The maximum absolute atomic E-state index is 12.6. The van der Waals surface area contributed by atoms with Crippen LogP contribution in [-0.4, -0.2) is 53.9 Å². The predicted molar refractivity (Wildman–Crippen MR) is 124 cm³/mol. The first-order valence-electron chi connectivity index (χ1n) is 10.9. The molecule has 10 heteroatoms. The lowest BCUT2D eigenvalue weighted by Crippen LogP contribution is -2.55. The average Bonchev–Trinajstić information content (AvgIpc) is 3.44. The van der Waals surface area contributed by atoms with E-state index in [4.69, 9.17) is 13.9 Å². The molecule has 1 unspecified atom stereocenters. The molecule has 3 N–H and O–H groups in total. The van der Waals surface area contributed by atoms with Crippen molar-refractivity contribution in [3.63, 3.8) is 0 Å². The molecule has 182 valence electrons. The first-order chi connectivity index (χ1) is 16.8. The fourth-order valence-electron chi connectivity index (χ4n) is 4.13. The quantitative estimate of drug-likeness (QED) is 0.426. The van der Waals surface area contributed by atoms with Gasteiger partial charge in [-0.15, -0.1) is 0 Å². The number of carboxylic acid groups (broad SMARTS) is 1. The zero-order chi connectivity index (χ0) is 25.0. The highest BCUT2D eigenvalue weighted by Gasteiger charge is 2.36. The zero-order valence-electron chi connectivity index (χ0n) is 19.2. The van der Waals surface area contributed by atoms with Crippen molar-refractivity contribution in [1.29, 1.82) is 0 Å². The number of carbonyl (C=O) groups is 3. The van der Waals surface area contributed by atoms with Crippen LogP contribution < -0.4 is 10.6 Å². The molecule has 0 aliphatic heterocycles. The van der Waals surface area contributed by atoms with E-state index in [1.54, 1.807) is 0 Å². The van der Waals surface area contributed by atoms with Gasteiger partial charge >= 0.3 is 12.1 Å². The van der Waals surface area contributed by atoms with Gasteiger partial charge in [-0.3, -0.25) is 4.79 Å². The summed E-state index contributed by atoms with van der Waals surface area (Å²) in [5.74, 6) is -2.07. The highest BCUT2D eigenvalue weighted by molar-refractivity contribution is 5.97. The van der Waals surface area contributed by atoms with Crippen LogP contribution in [0.1, 0.15) is 40.2 Å². The van der Waals surface area contributed by atoms with E-state index in [1.807, 2.05) is 48.5 Å². The number of aliphatic carboxylic acids is 1. The minimum absolute atomic E-state index is 0.0566. The summed E-state index contributed by atoms with van der Waals surface area (Å²) in [7, 11) is 1.33. The first-order valence-corrected chi connectivity index (χ1v) is 10.9. The fraction of sp³-hybridized carbons (Fsp3) is 0.280. The summed E-state index contributed by atoms with van der Waals surface area (Å²) in [4.78, 5) is 40.4. The molecule has 0 radical (unpaired) electrons. The Morgan fingerprint density at radius 3 is 2.31 bits per heavy atom. The molecular weight excluding hydrogens is 454 g/mol. The number of nitrogens with one attached hydrogen (secondary N) is 2. The Hall–Kier alpha value is -4.18. The first kappa shape index (κ1) is 24.0. The van der Waals surface area contributed by atoms with Gasteiger partial charge in [0.25, 0.3) is 5.91 Å². The van der Waals surface area contributed by atoms with Crippen molar-refractivity contribution >= 4 is 18.0 Å². The maximum Gasteiger partial charge on any atom is 0.407 e. The molecule has 1 aliphatic carbocycles. The lowest BCUT2D eigenvalue weighted by atomic mass is 9.98. The second-order valence-corrected chi connectivity index (χ2v) is 8.33. The number of benzene rings is 2. The van der Waals surface area contributed by atoms with Crippen LogP contribution in [0.25, 0.3) is 11.1 Å². The highest BCUT2D eigenvalue weighted by Crippen LogP contribution is 2.44. The van der Waals surface area contributed by atoms with Crippen LogP contribution in [0.3, 0.4) is 0 Å². The molecule has 0 saturated carbocycles. The topological polar surface area (TPSA) is 140 Å². The molecule has 2 amide bonds. The second kappa shape index (κ2) is 9.98. The largest absolute Gasteiger partial charge is 0.479 e. The van der Waals surface area contributed by atoms with Gasteiger partial charge in [-0.1, -0.05) is 48.5 Å². The van der Waals surface area contributed by atoms with Crippen LogP contribution in [0.5, 0.6) is 0 Å². The Balaban J connectivity index is 1.37. The molecule has 0 saturated heterocycles. The highest BCUT2D eigenvalue weighted by atomic mass is 16.5. The Labute approximate surface area is 201 Å². The van der Waals surface area contributed by atoms with Crippen molar-refractivity contribution in [2.75, 3.05) is 20.3 Å². The van der Waals surface area contributed by atoms with Gasteiger partial charge in [0.1, 0.15) is 6.61 Å². The normalized spacial score (nSPS) is 13.9. The number of rotatable bonds is 9. The monoisotopic (exact) mass is 479 g/mol. The molecule has 3 aromatic rings. The fourth-order valence-corrected chi connectivity index (χ4v) is 4.13. The molecule has 0 bridgehead atoms. The van der Waals surface area contributed by atoms with Gasteiger partial charge in [-0.2, -0.15) is 0 Å². The number of carboxylic acids is 1. The van der Waals surface area contributed by atoms with Crippen molar-refractivity contribution in [1.82, 2.24) is 15.6 Å². The molecule has 1 heterocycles. The van der Waals surface area contributed by atoms with Crippen molar-refractivity contribution in [3.8, 4) is 11.1 Å². The Morgan fingerprint density at radius 2 is 1.71 bits per heavy atom. The van der Waals surface area contributed by atoms with Crippen molar-refractivity contribution < 1.29 is 33.4 Å². The molecule has 1 atom stereocenters. The van der Waals surface area contributed by atoms with Gasteiger partial charge in [-0.25, -0.2) is 14.6 Å². The molecule has 4 rings (SSSR count). The van der Waals surface area contributed by atoms with E-state index in [1.165, 1.54) is 14.0 Å². The lowest BCUT2D eigenvalue weighted by molar-refractivity contribution is -0.145. The third kappa shape index (κ3) is 4.87. The number of aromatic nitrogens is 1. The Kier molecular flexibility index (Phi) is 6.83. The standard InChI is InChI=1S/C25H25N3O7/c1-25(13-33-2,23(30)31)28-22(29)21-20(35-14-27-21)11-26-24(32)34-12-19-17-9-5-3-7-15(17)16-8-4-6-10-18(16)19/h3-10,14,19H,11-13H2,1-2H3,(H,26,32)(H,28,29)(H,30,31). The second-order valence-electron chi connectivity index (χ2n) is 8.33. The van der Waals surface area contributed by atoms with Gasteiger partial charge in [-0.05, 0) is 29.2 Å². The SMILES string of the molecule is COCC(C)(NC(=O)c1ncoc1CNC(=O)OCC1c2ccccc2-c2ccccc21)C(=O)O. The number of nitrogens with zero attached hydrogens (tertiary/aromatic N) is 1. The number of carbonyl (C=O) groups excluding carboxylic acids is 2. The molecule has 2 aromatic carbocycles. The zero-order valence-corrected chi connectivity index (χ0v) is 19.2. The van der Waals surface area contributed by atoms with E-state index in [2.05, 4.69) is 15.6 Å². The van der Waals surface area contributed by atoms with Crippen molar-refractivity contribution in [2.24, 2.45) is 0 Å². The minimum Gasteiger partial charge on any atom is -0.479 e. The van der Waals surface area contributed by atoms with Gasteiger partial charge < -0.3 is 29.6 Å². The number of hydrogen-bond acceptors (Lipinski definition) is 7. The lowest BCUT2D eigenvalue weighted by Gasteiger charge is -2.24. The number of methoxy groups -OCH3 is 1. The van der Waals surface area contributed by atoms with E-state index < -0.39 is 23.5 Å². The third-order valence-electron chi connectivity index (χ3n) is 5.89. The summed E-state index contributed by atoms with van der Waals surface area (Å²) < 4.78 is 15.6. The number of fused-ring (bicyclic) bond motifs is 3. The van der Waals surface area contributed by atoms with E-state index in [-0.39, 0.29) is 37.1 Å². The molecule has 10 nitrogen and oxygen atoms in total. The van der Waals surface area contributed by atoms with Crippen LogP contribution >= 0.6 is 0 Å². The maximum atomic E-state index is 12.6. The summed E-state index contributed by atoms with van der Waals surface area (Å²) in [5.41, 5.74) is 2.61. The summed E-state index contributed by atoms with van der Waals surface area (Å²) in [6, 6.07) is 16.0. The van der Waals surface area contributed by atoms with Crippen LogP contribution in [0, 0.1) is 0 Å². The van der Waals surface area contributed by atoms with Gasteiger partial charge in [0.15, 0.2) is 23.4 Å². The Morgan fingerprint density at radius 1 is 1.09 bits per heavy atom. The molecule has 0 fully saturated rings. The summed E-state index contributed by atoms with van der Waals surface area (Å²) in [5, 5.41) is 14.3. The van der Waals surface area contributed by atoms with Gasteiger partial charge in [0, 0.05) is 13.0 Å². The van der Waals surface area contributed by atoms with E-state index in [0.29, 0.717) is 0 Å². The predicted octanol–water partition coefficient (Wildman–Crippen LogP) is 2.93. The summed E-state index contributed by atoms with van der Waals surface area (Å²) in [6.07, 6.45) is 0.349. The summed E-state index contributed by atoms with van der Waals surface area (Å²) in [6.45, 7) is 1.02. The van der Waals surface area contributed by atoms with Crippen molar-refractivity contribution in [3.05, 3.63) is 77.5 Å². The number of alkyl carbamates (subject to hydrolysis) is 1. The molecule has 1 aliphatic rings. The minimum atomic E-state index is -1.66. The van der Waals surface area contributed by atoms with Gasteiger partial charge in [0.05, 0.1) is 13.2 Å². The third-order valence-corrected chi connectivity index (χ3v) is 5.89. The molecular formula is C25H25N3O7. The molecule has 35 heavy (non-hydrogen) atoms. The summed E-state index contributed by atoms with van der Waals surface area (Å²) >= 11 is 0. The number of oxazole rings is 1. The van der Waals surface area contributed by atoms with Crippen LogP contribution in [0.15, 0.2) is 59.3 Å². The smallest absolute Gasteiger partial charge is 0.407 e.